The molecule has 0 saturated carbocycles. The second-order valence-corrected chi connectivity index (χ2v) is 8.01. The van der Waals surface area contributed by atoms with Crippen LogP contribution in [0.1, 0.15) is 30.0 Å². The molecule has 2 unspecified atom stereocenters. The Bertz CT molecular complexity index is 1110. The summed E-state index contributed by atoms with van der Waals surface area (Å²) in [6.45, 7) is -0.436. The standard InChI is InChI=1S/C26H23F2NO4/c27-19-8-4-17(5-9-19)2-1-3-23-25(18-6-14-22(15-7-18)33-16-24(30)31)29(26(23)32)21-12-10-20(28)11-13-21/h4-15,23,25H,1-3,16H2,(H,30,31). The molecule has 0 aliphatic carbocycles. The SMILES string of the molecule is O=C(O)COc1ccc(C2C(CCCc3ccc(F)cc3)C(=O)N2c2ccc(F)cc2)cc1. The highest BCUT2D eigenvalue weighted by molar-refractivity contribution is 6.03. The molecule has 1 aliphatic rings. The first kappa shape index (κ1) is 22.5. The van der Waals surface area contributed by atoms with Crippen molar-refractivity contribution in [2.24, 2.45) is 5.92 Å². The minimum absolute atomic E-state index is 0.0306. The van der Waals surface area contributed by atoms with Gasteiger partial charge in [-0.25, -0.2) is 13.6 Å². The molecule has 1 aliphatic heterocycles. The smallest absolute Gasteiger partial charge is 0.341 e. The number of carbonyl (C=O) groups excluding carboxylic acids is 1. The topological polar surface area (TPSA) is 66.8 Å². The van der Waals surface area contributed by atoms with E-state index in [0.29, 0.717) is 17.9 Å². The summed E-state index contributed by atoms with van der Waals surface area (Å²) in [6, 6.07) is 18.9. The zero-order chi connectivity index (χ0) is 23.4. The van der Waals surface area contributed by atoms with Crippen LogP contribution in [0.4, 0.5) is 14.5 Å². The predicted molar refractivity (Wildman–Crippen MR) is 119 cm³/mol. The lowest BCUT2D eigenvalue weighted by molar-refractivity contribution is -0.139. The Morgan fingerprint density at radius 1 is 0.909 bits per heavy atom. The van der Waals surface area contributed by atoms with Gasteiger partial charge in [-0.15, -0.1) is 0 Å². The average Bonchev–Trinajstić information content (AvgIpc) is 2.81. The Balaban J connectivity index is 1.51. The molecule has 0 spiro atoms. The number of hydrogen-bond donors (Lipinski definition) is 1. The van der Waals surface area contributed by atoms with Crippen LogP contribution in [0.15, 0.2) is 72.8 Å². The van der Waals surface area contributed by atoms with Crippen molar-refractivity contribution in [3.8, 4) is 5.75 Å². The third kappa shape index (κ3) is 5.19. The Labute approximate surface area is 190 Å². The summed E-state index contributed by atoms with van der Waals surface area (Å²) in [7, 11) is 0. The molecule has 3 aromatic carbocycles. The highest BCUT2D eigenvalue weighted by atomic mass is 19.1. The van der Waals surface area contributed by atoms with Crippen LogP contribution < -0.4 is 9.64 Å². The number of aliphatic carboxylic acids is 1. The molecule has 3 aromatic rings. The first-order valence-corrected chi connectivity index (χ1v) is 10.7. The quantitative estimate of drug-likeness (QED) is 0.457. The van der Waals surface area contributed by atoms with Gasteiger partial charge in [-0.2, -0.15) is 0 Å². The fourth-order valence-electron chi connectivity index (χ4n) is 4.18. The van der Waals surface area contributed by atoms with E-state index < -0.39 is 12.6 Å². The normalized spacial score (nSPS) is 17.5. The van der Waals surface area contributed by atoms with E-state index in [1.54, 1.807) is 41.3 Å². The van der Waals surface area contributed by atoms with Gasteiger partial charge in [0.05, 0.1) is 12.0 Å². The van der Waals surface area contributed by atoms with Gasteiger partial charge in [0.25, 0.3) is 0 Å². The molecule has 33 heavy (non-hydrogen) atoms. The number of benzene rings is 3. The highest BCUT2D eigenvalue weighted by Crippen LogP contribution is 2.46. The zero-order valence-corrected chi connectivity index (χ0v) is 17.8. The van der Waals surface area contributed by atoms with Gasteiger partial charge >= 0.3 is 5.97 Å². The molecule has 1 fully saturated rings. The van der Waals surface area contributed by atoms with Gasteiger partial charge in [0, 0.05) is 5.69 Å². The predicted octanol–water partition coefficient (Wildman–Crippen LogP) is 5.16. The largest absolute Gasteiger partial charge is 0.482 e. The number of anilines is 1. The van der Waals surface area contributed by atoms with Crippen LogP contribution >= 0.6 is 0 Å². The molecule has 5 nitrogen and oxygen atoms in total. The molecule has 1 heterocycles. The maximum absolute atomic E-state index is 13.4. The molecule has 4 rings (SSSR count). The molecule has 7 heteroatoms. The molecule has 2 atom stereocenters. The van der Waals surface area contributed by atoms with Crippen LogP contribution in [0, 0.1) is 17.6 Å². The monoisotopic (exact) mass is 451 g/mol. The number of carbonyl (C=O) groups is 2. The van der Waals surface area contributed by atoms with E-state index in [4.69, 9.17) is 9.84 Å². The summed E-state index contributed by atoms with van der Waals surface area (Å²) in [4.78, 5) is 25.4. The summed E-state index contributed by atoms with van der Waals surface area (Å²) >= 11 is 0. The van der Waals surface area contributed by atoms with Crippen molar-refractivity contribution in [2.75, 3.05) is 11.5 Å². The van der Waals surface area contributed by atoms with Gasteiger partial charge < -0.3 is 14.7 Å². The Morgan fingerprint density at radius 3 is 2.12 bits per heavy atom. The van der Waals surface area contributed by atoms with E-state index in [-0.39, 0.29) is 29.5 Å². The van der Waals surface area contributed by atoms with Crippen LogP contribution in [-0.4, -0.2) is 23.6 Å². The number of nitrogens with zero attached hydrogens (tertiary/aromatic N) is 1. The van der Waals surface area contributed by atoms with Gasteiger partial charge in [0.2, 0.25) is 5.91 Å². The number of hydrogen-bond acceptors (Lipinski definition) is 3. The second-order valence-electron chi connectivity index (χ2n) is 8.01. The first-order chi connectivity index (χ1) is 15.9. The van der Waals surface area contributed by atoms with Crippen molar-refractivity contribution >= 4 is 17.6 Å². The lowest BCUT2D eigenvalue weighted by Crippen LogP contribution is -2.55. The van der Waals surface area contributed by atoms with Crippen molar-refractivity contribution in [1.82, 2.24) is 0 Å². The fraction of sp³-hybridized carbons (Fsp3) is 0.231. The van der Waals surface area contributed by atoms with Crippen LogP contribution in [0.25, 0.3) is 0 Å². The Morgan fingerprint density at radius 2 is 1.52 bits per heavy atom. The zero-order valence-electron chi connectivity index (χ0n) is 17.8. The maximum Gasteiger partial charge on any atom is 0.341 e. The molecule has 0 aromatic heterocycles. The highest BCUT2D eigenvalue weighted by Gasteiger charge is 2.48. The number of ether oxygens (including phenoxy) is 1. The van der Waals surface area contributed by atoms with E-state index in [0.717, 1.165) is 24.0 Å². The fourth-order valence-corrected chi connectivity index (χ4v) is 4.18. The number of carboxylic acids is 1. The molecule has 1 saturated heterocycles. The number of aryl methyl sites for hydroxylation is 1. The second kappa shape index (κ2) is 9.81. The van der Waals surface area contributed by atoms with Crippen molar-refractivity contribution in [1.29, 1.82) is 0 Å². The van der Waals surface area contributed by atoms with Crippen molar-refractivity contribution < 1.29 is 28.2 Å². The first-order valence-electron chi connectivity index (χ1n) is 10.7. The van der Waals surface area contributed by atoms with E-state index in [9.17, 15) is 18.4 Å². The van der Waals surface area contributed by atoms with Gasteiger partial charge in [-0.3, -0.25) is 4.79 Å². The maximum atomic E-state index is 13.4. The number of amides is 1. The number of β-lactam (4-membered cyclic amide) rings is 1. The molecule has 170 valence electrons. The summed E-state index contributed by atoms with van der Waals surface area (Å²) in [5.41, 5.74) is 2.51. The van der Waals surface area contributed by atoms with E-state index in [1.807, 2.05) is 12.1 Å². The number of carboxylic acid groups (broad SMARTS) is 1. The van der Waals surface area contributed by atoms with Crippen molar-refractivity contribution in [2.45, 2.75) is 25.3 Å². The summed E-state index contributed by atoms with van der Waals surface area (Å²) in [6.07, 6.45) is 2.14. The Hall–Kier alpha value is -3.74. The average molecular weight is 451 g/mol. The lowest BCUT2D eigenvalue weighted by atomic mass is 9.78. The molecule has 1 amide bonds. The van der Waals surface area contributed by atoms with Crippen LogP contribution in [0.3, 0.4) is 0 Å². The minimum atomic E-state index is -1.06. The third-order valence-electron chi connectivity index (χ3n) is 5.80. The third-order valence-corrected chi connectivity index (χ3v) is 5.80. The lowest BCUT2D eigenvalue weighted by Gasteiger charge is -2.47. The summed E-state index contributed by atoms with van der Waals surface area (Å²) in [5.74, 6) is -1.57. The summed E-state index contributed by atoms with van der Waals surface area (Å²) in [5, 5.41) is 8.77. The van der Waals surface area contributed by atoms with Crippen molar-refractivity contribution in [3.05, 3.63) is 95.6 Å². The van der Waals surface area contributed by atoms with Crippen LogP contribution in [0.2, 0.25) is 0 Å². The van der Waals surface area contributed by atoms with Crippen molar-refractivity contribution in [3.63, 3.8) is 0 Å². The molecule has 1 N–H and O–H groups in total. The summed E-state index contributed by atoms with van der Waals surface area (Å²) < 4.78 is 31.7. The van der Waals surface area contributed by atoms with Gasteiger partial charge in [-0.1, -0.05) is 24.3 Å². The van der Waals surface area contributed by atoms with Crippen LogP contribution in [0.5, 0.6) is 5.75 Å². The molecular formula is C26H23F2NO4. The van der Waals surface area contributed by atoms with Crippen LogP contribution in [-0.2, 0) is 16.0 Å². The number of halogens is 2. The van der Waals surface area contributed by atoms with E-state index in [1.165, 1.54) is 24.3 Å². The van der Waals surface area contributed by atoms with Gasteiger partial charge in [0.1, 0.15) is 17.4 Å². The van der Waals surface area contributed by atoms with Gasteiger partial charge in [-0.05, 0) is 78.9 Å². The molecule has 0 bridgehead atoms. The number of rotatable bonds is 9. The molecular weight excluding hydrogens is 428 g/mol. The van der Waals surface area contributed by atoms with E-state index >= 15 is 0 Å². The van der Waals surface area contributed by atoms with Gasteiger partial charge in [0.15, 0.2) is 6.61 Å². The van der Waals surface area contributed by atoms with E-state index in [2.05, 4.69) is 0 Å². The molecule has 0 radical (unpaired) electrons. The Kier molecular flexibility index (Phi) is 6.68. The minimum Gasteiger partial charge on any atom is -0.482 e.